The molecule has 0 N–H and O–H groups in total. The van der Waals surface area contributed by atoms with Gasteiger partial charge in [0.1, 0.15) is 0 Å². The smallest absolute Gasteiger partial charge is 0.0973 e. The lowest BCUT2D eigenvalue weighted by Gasteiger charge is -2.26. The summed E-state index contributed by atoms with van der Waals surface area (Å²) in [4.78, 5) is 15.4. The quantitative estimate of drug-likeness (QED) is 0.109. The summed E-state index contributed by atoms with van der Waals surface area (Å²) in [6.45, 7) is 0. The van der Waals surface area contributed by atoms with E-state index >= 15 is 0 Å². The SMILES string of the molecule is c1ccc(-c2ccc(N(c3ccc(-c4ccccc4-c4ccccc4)cc3)c3ccc(-c4nc5ccccc5nc4-c4ccc(N(c5ccc(-c6ccccc6)cc5)c5ccc(-c6ccccc6-c6ccccc6)cc5)cc4)cc3)cc2)cc1. The second kappa shape index (κ2) is 23.1. The van der Waals surface area contributed by atoms with Gasteiger partial charge in [0.15, 0.2) is 0 Å². The molecule has 0 atom stereocenters. The molecule has 396 valence electrons. The predicted molar refractivity (Wildman–Crippen MR) is 352 cm³/mol. The van der Waals surface area contributed by atoms with Crippen LogP contribution in [-0.4, -0.2) is 9.97 Å². The van der Waals surface area contributed by atoms with Crippen molar-refractivity contribution in [2.45, 2.75) is 0 Å². The zero-order chi connectivity index (χ0) is 56.0. The number of hydrogen-bond acceptors (Lipinski definition) is 4. The molecule has 13 aromatic carbocycles. The van der Waals surface area contributed by atoms with Gasteiger partial charge in [0.05, 0.1) is 22.4 Å². The molecule has 0 unspecified atom stereocenters. The van der Waals surface area contributed by atoms with Crippen molar-refractivity contribution in [3.05, 3.63) is 340 Å². The Hall–Kier alpha value is -11.2. The van der Waals surface area contributed by atoms with Crippen molar-refractivity contribution >= 4 is 45.2 Å². The van der Waals surface area contributed by atoms with E-state index in [1.165, 1.54) is 55.6 Å². The minimum Gasteiger partial charge on any atom is -0.311 e. The maximum absolute atomic E-state index is 5.38. The van der Waals surface area contributed by atoms with E-state index in [-0.39, 0.29) is 0 Å². The molecule has 0 fully saturated rings. The molecule has 0 saturated carbocycles. The Balaban J connectivity index is 0.821. The van der Waals surface area contributed by atoms with Gasteiger partial charge in [-0.05, 0) is 152 Å². The second-order valence-corrected chi connectivity index (χ2v) is 20.9. The highest BCUT2D eigenvalue weighted by molar-refractivity contribution is 5.91. The summed E-state index contributed by atoms with van der Waals surface area (Å²) in [5.41, 5.74) is 25.7. The number of aromatic nitrogens is 2. The molecular formula is C80H56N4. The maximum atomic E-state index is 5.38. The maximum Gasteiger partial charge on any atom is 0.0973 e. The summed E-state index contributed by atoms with van der Waals surface area (Å²) in [6, 6.07) is 121. The Morgan fingerprint density at radius 3 is 0.619 bits per heavy atom. The summed E-state index contributed by atoms with van der Waals surface area (Å²) in [6.07, 6.45) is 0. The zero-order valence-corrected chi connectivity index (χ0v) is 46.1. The van der Waals surface area contributed by atoms with Crippen LogP contribution in [0.3, 0.4) is 0 Å². The first-order valence-electron chi connectivity index (χ1n) is 28.5. The lowest BCUT2D eigenvalue weighted by molar-refractivity contribution is 1.26. The van der Waals surface area contributed by atoms with Crippen molar-refractivity contribution in [3.8, 4) is 89.3 Å². The monoisotopic (exact) mass is 1070 g/mol. The van der Waals surface area contributed by atoms with Crippen LogP contribution >= 0.6 is 0 Å². The number of fused-ring (bicyclic) bond motifs is 1. The first-order valence-corrected chi connectivity index (χ1v) is 28.5. The number of hydrogen-bond donors (Lipinski definition) is 0. The summed E-state index contributed by atoms with van der Waals surface area (Å²) in [5.74, 6) is 0. The molecule has 0 radical (unpaired) electrons. The molecule has 0 amide bonds. The number of para-hydroxylation sites is 2. The lowest BCUT2D eigenvalue weighted by atomic mass is 9.94. The summed E-state index contributed by atoms with van der Waals surface area (Å²) in [7, 11) is 0. The Labute approximate surface area is 491 Å². The van der Waals surface area contributed by atoms with E-state index in [1.807, 2.05) is 24.3 Å². The first-order chi connectivity index (χ1) is 41.6. The molecule has 14 rings (SSSR count). The fourth-order valence-corrected chi connectivity index (χ4v) is 11.5. The number of nitrogens with zero attached hydrogens (tertiary/aromatic N) is 4. The molecule has 0 spiro atoms. The largest absolute Gasteiger partial charge is 0.311 e. The van der Waals surface area contributed by atoms with Crippen LogP contribution in [0.1, 0.15) is 0 Å². The van der Waals surface area contributed by atoms with Crippen molar-refractivity contribution in [1.29, 1.82) is 0 Å². The van der Waals surface area contributed by atoms with Gasteiger partial charge in [-0.2, -0.15) is 0 Å². The van der Waals surface area contributed by atoms with Crippen LogP contribution in [0.5, 0.6) is 0 Å². The summed E-state index contributed by atoms with van der Waals surface area (Å²) >= 11 is 0. The first kappa shape index (κ1) is 51.0. The molecule has 0 saturated heterocycles. The van der Waals surface area contributed by atoms with Crippen molar-refractivity contribution in [2.75, 3.05) is 9.80 Å². The third-order valence-corrected chi connectivity index (χ3v) is 15.7. The highest BCUT2D eigenvalue weighted by Gasteiger charge is 2.20. The van der Waals surface area contributed by atoms with Crippen molar-refractivity contribution in [1.82, 2.24) is 9.97 Å². The molecule has 14 aromatic rings. The number of rotatable bonds is 14. The van der Waals surface area contributed by atoms with E-state index in [2.05, 4.69) is 325 Å². The van der Waals surface area contributed by atoms with Crippen LogP contribution in [0.25, 0.3) is 100 Å². The number of benzene rings is 13. The van der Waals surface area contributed by atoms with Gasteiger partial charge in [0.2, 0.25) is 0 Å². The second-order valence-electron chi connectivity index (χ2n) is 20.9. The molecular weight excluding hydrogens is 1020 g/mol. The van der Waals surface area contributed by atoms with Crippen molar-refractivity contribution in [2.24, 2.45) is 0 Å². The van der Waals surface area contributed by atoms with E-state index in [0.29, 0.717) is 0 Å². The van der Waals surface area contributed by atoms with Gasteiger partial charge in [-0.15, -0.1) is 0 Å². The predicted octanol–water partition coefficient (Wildman–Crippen LogP) is 21.9. The van der Waals surface area contributed by atoms with E-state index in [4.69, 9.17) is 9.97 Å². The molecule has 1 heterocycles. The average molecular weight is 1070 g/mol. The Morgan fingerprint density at radius 2 is 0.345 bits per heavy atom. The molecule has 1 aromatic heterocycles. The normalized spacial score (nSPS) is 11.1. The van der Waals surface area contributed by atoms with Crippen molar-refractivity contribution < 1.29 is 0 Å². The summed E-state index contributed by atoms with van der Waals surface area (Å²) < 4.78 is 0. The highest BCUT2D eigenvalue weighted by Crippen LogP contribution is 2.43. The molecule has 0 bridgehead atoms. The average Bonchev–Trinajstić information content (AvgIpc) is 3.68. The van der Waals surface area contributed by atoms with E-state index in [0.717, 1.165) is 78.8 Å². The van der Waals surface area contributed by atoms with Crippen molar-refractivity contribution in [3.63, 3.8) is 0 Å². The van der Waals surface area contributed by atoms with Gasteiger partial charge in [-0.3, -0.25) is 0 Å². The highest BCUT2D eigenvalue weighted by atomic mass is 15.1. The van der Waals surface area contributed by atoms with Crippen LogP contribution in [0.4, 0.5) is 34.1 Å². The van der Waals surface area contributed by atoms with E-state index in [1.54, 1.807) is 0 Å². The Bertz CT molecular complexity index is 4220. The van der Waals surface area contributed by atoms with Gasteiger partial charge in [0.25, 0.3) is 0 Å². The fourth-order valence-electron chi connectivity index (χ4n) is 11.5. The van der Waals surface area contributed by atoms with Crippen LogP contribution in [-0.2, 0) is 0 Å². The molecule has 0 aliphatic rings. The van der Waals surface area contributed by atoms with Gasteiger partial charge in [-0.1, -0.05) is 255 Å². The molecule has 0 aliphatic heterocycles. The van der Waals surface area contributed by atoms with Crippen LogP contribution < -0.4 is 9.80 Å². The zero-order valence-electron chi connectivity index (χ0n) is 46.1. The van der Waals surface area contributed by atoms with Crippen LogP contribution in [0.2, 0.25) is 0 Å². The Kier molecular flexibility index (Phi) is 14.0. The number of anilines is 6. The fraction of sp³-hybridized carbons (Fsp3) is 0. The minimum atomic E-state index is 0.813. The summed E-state index contributed by atoms with van der Waals surface area (Å²) in [5, 5.41) is 0. The minimum absolute atomic E-state index is 0.813. The van der Waals surface area contributed by atoms with E-state index in [9.17, 15) is 0 Å². The molecule has 4 heteroatoms. The molecule has 0 aliphatic carbocycles. The Morgan fingerprint density at radius 1 is 0.155 bits per heavy atom. The van der Waals surface area contributed by atoms with Gasteiger partial charge < -0.3 is 9.80 Å². The third kappa shape index (κ3) is 10.4. The third-order valence-electron chi connectivity index (χ3n) is 15.7. The molecule has 84 heavy (non-hydrogen) atoms. The van der Waals surface area contributed by atoms with Gasteiger partial charge in [0, 0.05) is 45.3 Å². The molecule has 4 nitrogen and oxygen atoms in total. The van der Waals surface area contributed by atoms with E-state index < -0.39 is 0 Å². The van der Waals surface area contributed by atoms with Gasteiger partial charge >= 0.3 is 0 Å². The van der Waals surface area contributed by atoms with Gasteiger partial charge in [-0.25, -0.2) is 9.97 Å². The lowest BCUT2D eigenvalue weighted by Crippen LogP contribution is -2.10. The van der Waals surface area contributed by atoms with Crippen LogP contribution in [0.15, 0.2) is 340 Å². The topological polar surface area (TPSA) is 32.3 Å². The van der Waals surface area contributed by atoms with Crippen LogP contribution in [0, 0.1) is 0 Å². The standard InChI is InChI=1S/C80H56N4/c1-5-19-57(20-6-1)59-33-45-67(46-34-59)83(69-49-37-63(38-50-69)75-29-15-13-27-73(75)61-23-9-3-10-24-61)71-53-41-65(42-54-71)79-80(82-78-32-18-17-31-77(78)81-79)66-43-55-72(56-44-66)84(68-47-35-60(36-48-68)58-21-7-2-8-22-58)70-51-39-64(40-52-70)76-30-16-14-28-74(76)62-25-11-4-12-26-62/h1-56H.